The van der Waals surface area contributed by atoms with Gasteiger partial charge in [-0.25, -0.2) is 0 Å². The van der Waals surface area contributed by atoms with E-state index in [0.717, 1.165) is 0 Å². The molecule has 0 N–H and O–H groups in total. The first-order valence-corrected chi connectivity index (χ1v) is 16.0. The van der Waals surface area contributed by atoms with Gasteiger partial charge in [-0.1, -0.05) is 124 Å². The molecule has 4 aromatic carbocycles. The van der Waals surface area contributed by atoms with Gasteiger partial charge in [-0.05, 0) is 81.6 Å². The van der Waals surface area contributed by atoms with Crippen LogP contribution in [0.3, 0.4) is 0 Å². The average Bonchev–Trinajstić information content (AvgIpc) is 3.29. The Morgan fingerprint density at radius 2 is 0.837 bits per heavy atom. The molecule has 0 amide bonds. The maximum atomic E-state index is 2.49. The highest BCUT2D eigenvalue weighted by molar-refractivity contribution is 5.85. The zero-order valence-electron chi connectivity index (χ0n) is 27.0. The Morgan fingerprint density at radius 3 is 1.19 bits per heavy atom. The summed E-state index contributed by atoms with van der Waals surface area (Å²) < 4.78 is 0. The van der Waals surface area contributed by atoms with Crippen LogP contribution in [0.25, 0.3) is 35.4 Å². The third-order valence-corrected chi connectivity index (χ3v) is 9.08. The highest BCUT2D eigenvalue weighted by Crippen LogP contribution is 2.54. The molecule has 222 valence electrons. The van der Waals surface area contributed by atoms with Gasteiger partial charge in [0.15, 0.2) is 0 Å². The lowest BCUT2D eigenvalue weighted by atomic mass is 9.70. The predicted octanol–water partition coefficient (Wildman–Crippen LogP) is 10.8. The Labute approximate surface area is 260 Å². The second-order valence-electron chi connectivity index (χ2n) is 12.5. The molecule has 43 heavy (non-hydrogen) atoms. The molecule has 0 spiro atoms. The van der Waals surface area contributed by atoms with E-state index in [1.54, 1.807) is 0 Å². The monoisotopic (exact) mass is 568 g/mol. The minimum absolute atomic E-state index is 0.0606. The molecule has 2 heteroatoms. The van der Waals surface area contributed by atoms with Crippen LogP contribution >= 0.6 is 0 Å². The van der Waals surface area contributed by atoms with E-state index in [1.807, 2.05) is 0 Å². The third-order valence-electron chi connectivity index (χ3n) is 9.08. The second-order valence-corrected chi connectivity index (χ2v) is 12.5. The van der Waals surface area contributed by atoms with Crippen molar-refractivity contribution < 1.29 is 0 Å². The molecule has 0 unspecified atom stereocenters. The fourth-order valence-electron chi connectivity index (χ4n) is 6.51. The average molecular weight is 569 g/mol. The number of nitrogens with zero attached hydrogens (tertiary/aromatic N) is 2. The molecule has 1 aliphatic carbocycles. The molecule has 0 saturated carbocycles. The largest absolute Gasteiger partial charge is 0.378 e. The first-order chi connectivity index (χ1) is 20.8. The van der Waals surface area contributed by atoms with Crippen molar-refractivity contribution >= 4 is 35.7 Å². The molecule has 2 nitrogen and oxygen atoms in total. The van der Waals surface area contributed by atoms with E-state index in [0.29, 0.717) is 0 Å². The summed E-state index contributed by atoms with van der Waals surface area (Å²) in [6.45, 7) is 4.65. The predicted molar refractivity (Wildman–Crippen MR) is 191 cm³/mol. The Kier molecular flexibility index (Phi) is 9.56. The number of fused-ring (bicyclic) bond motifs is 3. The van der Waals surface area contributed by atoms with E-state index in [-0.39, 0.29) is 5.41 Å². The van der Waals surface area contributed by atoms with Gasteiger partial charge in [-0.15, -0.1) is 0 Å². The lowest BCUT2D eigenvalue weighted by Gasteiger charge is -2.33. The Morgan fingerprint density at radius 1 is 0.488 bits per heavy atom. The summed E-state index contributed by atoms with van der Waals surface area (Å²) in [5.74, 6) is 0. The normalized spacial score (nSPS) is 13.4. The number of anilines is 2. The van der Waals surface area contributed by atoms with Crippen LogP contribution in [-0.4, -0.2) is 28.2 Å². The van der Waals surface area contributed by atoms with Gasteiger partial charge in [0.05, 0.1) is 0 Å². The van der Waals surface area contributed by atoms with Crippen molar-refractivity contribution in [2.45, 2.75) is 57.8 Å². The minimum atomic E-state index is 0.0606. The van der Waals surface area contributed by atoms with Gasteiger partial charge in [-0.2, -0.15) is 0 Å². The molecule has 4 aromatic rings. The summed E-state index contributed by atoms with van der Waals surface area (Å²) in [6.07, 6.45) is 16.4. The van der Waals surface area contributed by atoms with Crippen LogP contribution in [0.15, 0.2) is 84.9 Å². The number of benzene rings is 4. The summed E-state index contributed by atoms with van der Waals surface area (Å²) >= 11 is 0. The van der Waals surface area contributed by atoms with E-state index in [1.165, 1.54) is 94.4 Å². The molecular formula is C41H48N2. The zero-order chi connectivity index (χ0) is 30.4. The van der Waals surface area contributed by atoms with Crippen molar-refractivity contribution in [1.82, 2.24) is 0 Å². The standard InChI is InChI=1S/C41H48N2/c1-7-9-27-41(28-10-8-2)39-29-33(13-11-31-15-21-35(22-16-31)42(3)4)19-25-37(39)38-26-20-34(30-40(38)41)14-12-32-17-23-36(24-18-32)43(5)6/h11-26,29-30H,7-10,27-28H2,1-6H3/b13-11+,14-12+. The van der Waals surface area contributed by atoms with Gasteiger partial charge < -0.3 is 9.80 Å². The zero-order valence-corrected chi connectivity index (χ0v) is 27.0. The van der Waals surface area contributed by atoms with Gasteiger partial charge in [0.2, 0.25) is 0 Å². The lowest BCUT2D eigenvalue weighted by Crippen LogP contribution is -2.25. The van der Waals surface area contributed by atoms with Crippen molar-refractivity contribution in [1.29, 1.82) is 0 Å². The Bertz CT molecular complexity index is 1450. The van der Waals surface area contributed by atoms with E-state index in [9.17, 15) is 0 Å². The van der Waals surface area contributed by atoms with Gasteiger partial charge in [-0.3, -0.25) is 0 Å². The summed E-state index contributed by atoms with van der Waals surface area (Å²) in [5, 5.41) is 0. The molecule has 0 saturated heterocycles. The summed E-state index contributed by atoms with van der Waals surface area (Å²) in [4.78, 5) is 4.28. The van der Waals surface area contributed by atoms with Crippen LogP contribution in [0.4, 0.5) is 11.4 Å². The molecule has 0 radical (unpaired) electrons. The van der Waals surface area contributed by atoms with Crippen LogP contribution in [0, 0.1) is 0 Å². The fraction of sp³-hybridized carbons (Fsp3) is 0.317. The lowest BCUT2D eigenvalue weighted by molar-refractivity contribution is 0.414. The molecule has 0 aliphatic heterocycles. The Hall–Kier alpha value is -4.04. The number of rotatable bonds is 12. The van der Waals surface area contributed by atoms with Crippen molar-refractivity contribution in [2.24, 2.45) is 0 Å². The van der Waals surface area contributed by atoms with Gasteiger partial charge in [0.25, 0.3) is 0 Å². The van der Waals surface area contributed by atoms with Crippen LogP contribution in [-0.2, 0) is 5.41 Å². The van der Waals surface area contributed by atoms with E-state index in [2.05, 4.69) is 161 Å². The molecule has 0 aromatic heterocycles. The van der Waals surface area contributed by atoms with Crippen molar-refractivity contribution in [3.8, 4) is 11.1 Å². The quantitative estimate of drug-likeness (QED) is 0.157. The summed E-state index contributed by atoms with van der Waals surface area (Å²) in [7, 11) is 8.33. The third kappa shape index (κ3) is 6.64. The van der Waals surface area contributed by atoms with Gasteiger partial charge >= 0.3 is 0 Å². The Balaban J connectivity index is 1.51. The molecule has 0 bridgehead atoms. The van der Waals surface area contributed by atoms with Crippen LogP contribution in [0.1, 0.15) is 85.8 Å². The highest BCUT2D eigenvalue weighted by Gasteiger charge is 2.42. The smallest absolute Gasteiger partial charge is 0.0361 e. The molecular weight excluding hydrogens is 520 g/mol. The molecule has 5 rings (SSSR count). The van der Waals surface area contributed by atoms with E-state index in [4.69, 9.17) is 0 Å². The van der Waals surface area contributed by atoms with Crippen LogP contribution in [0.5, 0.6) is 0 Å². The van der Waals surface area contributed by atoms with Gasteiger partial charge in [0, 0.05) is 45.0 Å². The van der Waals surface area contributed by atoms with E-state index < -0.39 is 0 Å². The summed E-state index contributed by atoms with van der Waals surface area (Å²) in [5.41, 5.74) is 13.4. The van der Waals surface area contributed by atoms with E-state index >= 15 is 0 Å². The fourth-order valence-corrected chi connectivity index (χ4v) is 6.51. The number of hydrogen-bond acceptors (Lipinski definition) is 2. The second kappa shape index (κ2) is 13.5. The van der Waals surface area contributed by atoms with Crippen LogP contribution < -0.4 is 9.80 Å². The van der Waals surface area contributed by atoms with Crippen molar-refractivity contribution in [2.75, 3.05) is 38.0 Å². The number of hydrogen-bond donors (Lipinski definition) is 0. The molecule has 0 atom stereocenters. The number of unbranched alkanes of at least 4 members (excludes halogenated alkanes) is 2. The molecule has 0 fully saturated rings. The van der Waals surface area contributed by atoms with Crippen molar-refractivity contribution in [3.05, 3.63) is 118 Å². The molecule has 0 heterocycles. The molecule has 1 aliphatic rings. The topological polar surface area (TPSA) is 6.48 Å². The maximum absolute atomic E-state index is 2.49. The SMILES string of the molecule is CCCCC1(CCCC)c2cc(/C=C/c3ccc(N(C)C)cc3)ccc2-c2ccc(/C=C/c3ccc(N(C)C)cc3)cc21. The maximum Gasteiger partial charge on any atom is 0.0361 e. The highest BCUT2D eigenvalue weighted by atomic mass is 15.1. The van der Waals surface area contributed by atoms with Crippen LogP contribution in [0.2, 0.25) is 0 Å². The van der Waals surface area contributed by atoms with Gasteiger partial charge in [0.1, 0.15) is 0 Å². The first-order valence-electron chi connectivity index (χ1n) is 16.0. The minimum Gasteiger partial charge on any atom is -0.378 e. The van der Waals surface area contributed by atoms with Crippen molar-refractivity contribution in [3.63, 3.8) is 0 Å². The summed E-state index contributed by atoms with van der Waals surface area (Å²) in [6, 6.07) is 31.9. The first kappa shape index (κ1) is 30.4.